The summed E-state index contributed by atoms with van der Waals surface area (Å²) < 4.78 is 0. The Balaban J connectivity index is 1.96. The number of nitro benzene ring substituents is 1. The summed E-state index contributed by atoms with van der Waals surface area (Å²) >= 11 is 0. The van der Waals surface area contributed by atoms with E-state index in [2.05, 4.69) is 10.5 Å². The minimum atomic E-state index is -0.443. The summed E-state index contributed by atoms with van der Waals surface area (Å²) in [5, 5.41) is 14.7. The monoisotopic (exact) mass is 289 g/mol. The first-order valence-electron chi connectivity index (χ1n) is 7.17. The highest BCUT2D eigenvalue weighted by molar-refractivity contribution is 5.99. The molecule has 0 atom stereocenters. The zero-order chi connectivity index (χ0) is 15.2. The number of hydrazone groups is 1. The number of nitro groups is 1. The molecule has 6 heteroatoms. The number of carbonyl (C=O) groups is 1. The van der Waals surface area contributed by atoms with Crippen molar-refractivity contribution in [3.63, 3.8) is 0 Å². The molecule has 6 nitrogen and oxygen atoms in total. The molecular formula is C15H19N3O3. The summed E-state index contributed by atoms with van der Waals surface area (Å²) in [6.07, 6.45) is 5.26. The molecule has 0 heterocycles. The molecule has 21 heavy (non-hydrogen) atoms. The van der Waals surface area contributed by atoms with E-state index in [1.54, 1.807) is 19.1 Å². The van der Waals surface area contributed by atoms with Crippen molar-refractivity contribution in [1.82, 2.24) is 5.43 Å². The van der Waals surface area contributed by atoms with E-state index in [1.807, 2.05) is 0 Å². The van der Waals surface area contributed by atoms with Crippen LogP contribution in [-0.4, -0.2) is 16.5 Å². The van der Waals surface area contributed by atoms with Crippen LogP contribution in [0.15, 0.2) is 29.4 Å². The molecule has 0 bridgehead atoms. The van der Waals surface area contributed by atoms with E-state index in [0.717, 1.165) is 31.2 Å². The number of hydrogen-bond donors (Lipinski definition) is 1. The number of nitrogens with zero attached hydrogens (tertiary/aromatic N) is 2. The Morgan fingerprint density at radius 1 is 1.24 bits per heavy atom. The normalized spacial score (nSPS) is 16.5. The van der Waals surface area contributed by atoms with Crippen molar-refractivity contribution in [2.75, 3.05) is 0 Å². The van der Waals surface area contributed by atoms with Crippen LogP contribution in [0.3, 0.4) is 0 Å². The molecular weight excluding hydrogens is 270 g/mol. The third-order valence-corrected chi connectivity index (χ3v) is 3.81. The van der Waals surface area contributed by atoms with Gasteiger partial charge in [0, 0.05) is 18.1 Å². The van der Waals surface area contributed by atoms with E-state index in [1.165, 1.54) is 18.6 Å². The number of amides is 1. The maximum absolute atomic E-state index is 12.0. The highest BCUT2D eigenvalue weighted by Crippen LogP contribution is 2.23. The molecule has 0 radical (unpaired) electrons. The molecule has 1 amide bonds. The van der Waals surface area contributed by atoms with Crippen LogP contribution in [0.1, 0.15) is 44.6 Å². The summed E-state index contributed by atoms with van der Waals surface area (Å²) in [7, 11) is 0. The Bertz CT molecular complexity index is 546. The van der Waals surface area contributed by atoms with E-state index in [0.29, 0.717) is 5.71 Å². The second kappa shape index (κ2) is 6.97. The van der Waals surface area contributed by atoms with Crippen LogP contribution in [0.25, 0.3) is 0 Å². The van der Waals surface area contributed by atoms with Crippen LogP contribution in [0.2, 0.25) is 0 Å². The quantitative estimate of drug-likeness (QED) is 0.525. The second-order valence-corrected chi connectivity index (χ2v) is 5.31. The Morgan fingerprint density at radius 3 is 2.43 bits per heavy atom. The molecule has 1 fully saturated rings. The van der Waals surface area contributed by atoms with Crippen molar-refractivity contribution >= 4 is 17.3 Å². The van der Waals surface area contributed by atoms with Gasteiger partial charge in [-0.15, -0.1) is 0 Å². The maximum atomic E-state index is 12.0. The molecule has 0 saturated heterocycles. The number of rotatable bonds is 4. The van der Waals surface area contributed by atoms with Crippen molar-refractivity contribution in [3.8, 4) is 0 Å². The number of carbonyl (C=O) groups excluding carboxylic acids is 1. The van der Waals surface area contributed by atoms with Gasteiger partial charge in [-0.25, -0.2) is 5.43 Å². The van der Waals surface area contributed by atoms with E-state index in [9.17, 15) is 14.9 Å². The molecule has 1 aromatic rings. The van der Waals surface area contributed by atoms with Gasteiger partial charge in [-0.3, -0.25) is 14.9 Å². The maximum Gasteiger partial charge on any atom is 0.269 e. The average Bonchev–Trinajstić information content (AvgIpc) is 2.53. The van der Waals surface area contributed by atoms with Gasteiger partial charge in [-0.2, -0.15) is 5.10 Å². The fourth-order valence-corrected chi connectivity index (χ4v) is 2.48. The summed E-state index contributed by atoms with van der Waals surface area (Å²) in [5.74, 6) is 0.0307. The highest BCUT2D eigenvalue weighted by Gasteiger charge is 2.20. The fourth-order valence-electron chi connectivity index (χ4n) is 2.48. The first-order valence-corrected chi connectivity index (χ1v) is 7.17. The Kier molecular flexibility index (Phi) is 5.03. The van der Waals surface area contributed by atoms with Crippen LogP contribution in [0, 0.1) is 16.0 Å². The summed E-state index contributed by atoms with van der Waals surface area (Å²) in [6.45, 7) is 1.77. The van der Waals surface area contributed by atoms with E-state index in [-0.39, 0.29) is 17.5 Å². The summed E-state index contributed by atoms with van der Waals surface area (Å²) in [6, 6.07) is 6.11. The minimum absolute atomic E-state index is 0.0315. The van der Waals surface area contributed by atoms with Gasteiger partial charge in [0.25, 0.3) is 5.69 Å². The molecule has 0 spiro atoms. The lowest BCUT2D eigenvalue weighted by atomic mass is 9.89. The Hall–Kier alpha value is -2.24. The standard InChI is InChI=1S/C15H19N3O3/c1-11(12-7-9-14(10-8-12)18(20)21)16-17-15(19)13-5-3-2-4-6-13/h7-10,13H,2-6H2,1H3,(H,17,19). The predicted molar refractivity (Wildman–Crippen MR) is 80.0 cm³/mol. The lowest BCUT2D eigenvalue weighted by Gasteiger charge is -2.19. The first kappa shape index (κ1) is 15.2. The molecule has 1 aliphatic rings. The summed E-state index contributed by atoms with van der Waals surface area (Å²) in [5.41, 5.74) is 4.03. The average molecular weight is 289 g/mol. The van der Waals surface area contributed by atoms with Crippen molar-refractivity contribution in [3.05, 3.63) is 39.9 Å². The van der Waals surface area contributed by atoms with Gasteiger partial charge in [-0.05, 0) is 37.5 Å². The molecule has 1 saturated carbocycles. The van der Waals surface area contributed by atoms with Crippen LogP contribution in [0.5, 0.6) is 0 Å². The lowest BCUT2D eigenvalue weighted by Crippen LogP contribution is -2.29. The van der Waals surface area contributed by atoms with E-state index >= 15 is 0 Å². The minimum Gasteiger partial charge on any atom is -0.273 e. The number of non-ortho nitro benzene ring substituents is 1. The Labute approximate surface area is 123 Å². The van der Waals surface area contributed by atoms with Gasteiger partial charge >= 0.3 is 0 Å². The van der Waals surface area contributed by atoms with Crippen molar-refractivity contribution < 1.29 is 9.72 Å². The zero-order valence-electron chi connectivity index (χ0n) is 12.0. The predicted octanol–water partition coefficient (Wildman–Crippen LogP) is 3.02. The van der Waals surface area contributed by atoms with Crippen molar-refractivity contribution in [1.29, 1.82) is 0 Å². The van der Waals surface area contributed by atoms with Crippen LogP contribution >= 0.6 is 0 Å². The molecule has 0 aliphatic heterocycles. The molecule has 1 aliphatic carbocycles. The van der Waals surface area contributed by atoms with E-state index < -0.39 is 4.92 Å². The number of benzene rings is 1. The Morgan fingerprint density at radius 2 is 1.86 bits per heavy atom. The molecule has 0 aromatic heterocycles. The summed E-state index contributed by atoms with van der Waals surface area (Å²) in [4.78, 5) is 22.1. The van der Waals surface area contributed by atoms with Gasteiger partial charge in [0.1, 0.15) is 0 Å². The fraction of sp³-hybridized carbons (Fsp3) is 0.467. The molecule has 112 valence electrons. The van der Waals surface area contributed by atoms with Gasteiger partial charge in [0.15, 0.2) is 0 Å². The van der Waals surface area contributed by atoms with Crippen LogP contribution in [0.4, 0.5) is 5.69 Å². The molecule has 2 rings (SSSR count). The smallest absolute Gasteiger partial charge is 0.269 e. The molecule has 0 unspecified atom stereocenters. The number of nitrogens with one attached hydrogen (secondary N) is 1. The third-order valence-electron chi connectivity index (χ3n) is 3.81. The topological polar surface area (TPSA) is 84.6 Å². The first-order chi connectivity index (χ1) is 10.1. The van der Waals surface area contributed by atoms with Gasteiger partial charge < -0.3 is 0 Å². The van der Waals surface area contributed by atoms with Gasteiger partial charge in [-0.1, -0.05) is 19.3 Å². The van der Waals surface area contributed by atoms with E-state index in [4.69, 9.17) is 0 Å². The SMILES string of the molecule is CC(=NNC(=O)C1CCCCC1)c1ccc([N+](=O)[O-])cc1. The van der Waals surface area contributed by atoms with Crippen LogP contribution in [-0.2, 0) is 4.79 Å². The van der Waals surface area contributed by atoms with Crippen molar-refractivity contribution in [2.45, 2.75) is 39.0 Å². The second-order valence-electron chi connectivity index (χ2n) is 5.31. The molecule has 1 aromatic carbocycles. The number of hydrogen-bond acceptors (Lipinski definition) is 4. The molecule has 1 N–H and O–H groups in total. The lowest BCUT2D eigenvalue weighted by molar-refractivity contribution is -0.384. The van der Waals surface area contributed by atoms with Gasteiger partial charge in [0.2, 0.25) is 5.91 Å². The van der Waals surface area contributed by atoms with Gasteiger partial charge in [0.05, 0.1) is 10.6 Å². The highest BCUT2D eigenvalue weighted by atomic mass is 16.6. The van der Waals surface area contributed by atoms with Crippen molar-refractivity contribution in [2.24, 2.45) is 11.0 Å². The zero-order valence-corrected chi connectivity index (χ0v) is 12.0. The third kappa shape index (κ3) is 4.11. The van der Waals surface area contributed by atoms with Crippen LogP contribution < -0.4 is 5.43 Å². The largest absolute Gasteiger partial charge is 0.273 e.